The fraction of sp³-hybridized carbons (Fsp3) is 0.200. The van der Waals surface area contributed by atoms with Crippen LogP contribution in [-0.4, -0.2) is 16.5 Å². The summed E-state index contributed by atoms with van der Waals surface area (Å²) in [5, 5.41) is 2.13. The maximum absolute atomic E-state index is 5.62. The van der Waals surface area contributed by atoms with Crippen LogP contribution in [0.3, 0.4) is 0 Å². The summed E-state index contributed by atoms with van der Waals surface area (Å²) in [6.07, 6.45) is 0.886. The maximum atomic E-state index is 5.62. The molecule has 2 heterocycles. The molecule has 96 valence electrons. The van der Waals surface area contributed by atoms with Crippen molar-refractivity contribution in [3.63, 3.8) is 0 Å². The van der Waals surface area contributed by atoms with E-state index in [0.29, 0.717) is 6.54 Å². The van der Waals surface area contributed by atoms with Crippen LogP contribution in [0.2, 0.25) is 0 Å². The van der Waals surface area contributed by atoms with Crippen molar-refractivity contribution in [3.05, 3.63) is 47.0 Å². The second-order valence-corrected chi connectivity index (χ2v) is 5.54. The molecule has 0 aliphatic carbocycles. The Bertz CT molecular complexity index is 718. The Kier molecular flexibility index (Phi) is 3.27. The predicted octanol–water partition coefficient (Wildman–Crippen LogP) is 3.17. The quantitative estimate of drug-likeness (QED) is 0.794. The van der Waals surface area contributed by atoms with Crippen molar-refractivity contribution in [2.45, 2.75) is 13.3 Å². The van der Waals surface area contributed by atoms with Gasteiger partial charge < -0.3 is 5.73 Å². The van der Waals surface area contributed by atoms with E-state index in [4.69, 9.17) is 5.73 Å². The molecule has 2 N–H and O–H groups in total. The normalized spacial score (nSPS) is 11.1. The van der Waals surface area contributed by atoms with Crippen molar-refractivity contribution < 1.29 is 0 Å². The van der Waals surface area contributed by atoms with Crippen molar-refractivity contribution in [3.8, 4) is 10.7 Å². The fourth-order valence-electron chi connectivity index (χ4n) is 2.09. The molecule has 0 bridgehead atoms. The van der Waals surface area contributed by atoms with Crippen LogP contribution in [0.5, 0.6) is 0 Å². The molecule has 0 saturated carbocycles. The molecule has 2 aromatic heterocycles. The highest BCUT2D eigenvalue weighted by molar-refractivity contribution is 7.15. The number of rotatable bonds is 3. The van der Waals surface area contributed by atoms with Crippen LogP contribution in [0.1, 0.15) is 10.6 Å². The average Bonchev–Trinajstić information content (AvgIpc) is 2.80. The zero-order chi connectivity index (χ0) is 13.2. The van der Waals surface area contributed by atoms with Crippen LogP contribution < -0.4 is 5.73 Å². The third-order valence-corrected chi connectivity index (χ3v) is 4.32. The van der Waals surface area contributed by atoms with Gasteiger partial charge in [0.2, 0.25) is 0 Å². The maximum Gasteiger partial charge on any atom is 0.142 e. The minimum atomic E-state index is 0.660. The molecule has 0 radical (unpaired) electrons. The molecule has 3 aromatic rings. The molecule has 4 heteroatoms. The Morgan fingerprint density at radius 2 is 1.95 bits per heavy atom. The molecule has 0 aliphatic rings. The van der Waals surface area contributed by atoms with Gasteiger partial charge in [-0.15, -0.1) is 11.3 Å². The third-order valence-electron chi connectivity index (χ3n) is 3.08. The van der Waals surface area contributed by atoms with Gasteiger partial charge in [0.25, 0.3) is 0 Å². The van der Waals surface area contributed by atoms with Gasteiger partial charge in [0.05, 0.1) is 16.9 Å². The summed E-state index contributed by atoms with van der Waals surface area (Å²) in [5.41, 5.74) is 8.63. The Morgan fingerprint density at radius 1 is 1.11 bits per heavy atom. The number of para-hydroxylation sites is 1. The summed E-state index contributed by atoms with van der Waals surface area (Å²) in [7, 11) is 0. The topological polar surface area (TPSA) is 51.8 Å². The number of hydrogen-bond donors (Lipinski definition) is 1. The van der Waals surface area contributed by atoms with E-state index in [-0.39, 0.29) is 0 Å². The largest absolute Gasteiger partial charge is 0.330 e. The Balaban J connectivity index is 2.06. The molecule has 0 atom stereocenters. The standard InChI is InChI=1S/C15H15N3S/c1-10-14(8-9-16)19-15(17-10)13-7-6-11-4-2-3-5-12(11)18-13/h2-7H,8-9,16H2,1H3. The SMILES string of the molecule is Cc1nc(-c2ccc3ccccc3n2)sc1CCN. The van der Waals surface area contributed by atoms with Gasteiger partial charge >= 0.3 is 0 Å². The molecule has 0 unspecified atom stereocenters. The molecule has 0 amide bonds. The lowest BCUT2D eigenvalue weighted by Crippen LogP contribution is -2.01. The van der Waals surface area contributed by atoms with Gasteiger partial charge in [-0.1, -0.05) is 24.3 Å². The number of nitrogens with two attached hydrogens (primary N) is 1. The first-order chi connectivity index (χ1) is 9.28. The van der Waals surface area contributed by atoms with E-state index in [1.54, 1.807) is 11.3 Å². The van der Waals surface area contributed by atoms with Crippen LogP contribution >= 0.6 is 11.3 Å². The van der Waals surface area contributed by atoms with Gasteiger partial charge in [-0.3, -0.25) is 0 Å². The van der Waals surface area contributed by atoms with Gasteiger partial charge in [-0.2, -0.15) is 0 Å². The van der Waals surface area contributed by atoms with Crippen LogP contribution in [0.25, 0.3) is 21.6 Å². The fourth-order valence-corrected chi connectivity index (χ4v) is 3.13. The summed E-state index contributed by atoms with van der Waals surface area (Å²) in [5.74, 6) is 0. The Labute approximate surface area is 116 Å². The minimum absolute atomic E-state index is 0.660. The van der Waals surface area contributed by atoms with E-state index in [1.807, 2.05) is 31.2 Å². The summed E-state index contributed by atoms with van der Waals surface area (Å²) >= 11 is 1.69. The average molecular weight is 269 g/mol. The van der Waals surface area contributed by atoms with E-state index < -0.39 is 0 Å². The predicted molar refractivity (Wildman–Crippen MR) is 80.3 cm³/mol. The number of nitrogens with zero attached hydrogens (tertiary/aromatic N) is 2. The lowest BCUT2D eigenvalue weighted by Gasteiger charge is -1.99. The van der Waals surface area contributed by atoms with E-state index in [0.717, 1.165) is 33.7 Å². The Morgan fingerprint density at radius 3 is 2.79 bits per heavy atom. The first-order valence-electron chi connectivity index (χ1n) is 6.30. The first kappa shape index (κ1) is 12.3. The van der Waals surface area contributed by atoms with E-state index >= 15 is 0 Å². The zero-order valence-corrected chi connectivity index (χ0v) is 11.6. The lowest BCUT2D eigenvalue weighted by molar-refractivity contribution is 0.970. The molecule has 0 spiro atoms. The number of benzene rings is 1. The van der Waals surface area contributed by atoms with Crippen LogP contribution in [0, 0.1) is 6.92 Å². The second-order valence-electron chi connectivity index (χ2n) is 4.46. The molecule has 3 rings (SSSR count). The second kappa shape index (κ2) is 5.07. The highest BCUT2D eigenvalue weighted by Gasteiger charge is 2.10. The molecule has 0 saturated heterocycles. The molecular formula is C15H15N3S. The summed E-state index contributed by atoms with van der Waals surface area (Å²) in [6, 6.07) is 12.3. The lowest BCUT2D eigenvalue weighted by atomic mass is 10.2. The highest BCUT2D eigenvalue weighted by atomic mass is 32.1. The smallest absolute Gasteiger partial charge is 0.142 e. The number of thiazole rings is 1. The molecule has 19 heavy (non-hydrogen) atoms. The number of aryl methyl sites for hydroxylation is 1. The number of hydrogen-bond acceptors (Lipinski definition) is 4. The van der Waals surface area contributed by atoms with Gasteiger partial charge in [-0.25, -0.2) is 9.97 Å². The Hall–Kier alpha value is -1.78. The molecular weight excluding hydrogens is 254 g/mol. The van der Waals surface area contributed by atoms with Crippen LogP contribution in [0.4, 0.5) is 0 Å². The van der Waals surface area contributed by atoms with Crippen molar-refractivity contribution >= 4 is 22.2 Å². The van der Waals surface area contributed by atoms with Crippen LogP contribution in [0.15, 0.2) is 36.4 Å². The highest BCUT2D eigenvalue weighted by Crippen LogP contribution is 2.28. The number of pyridine rings is 1. The van der Waals surface area contributed by atoms with Gasteiger partial charge in [0.1, 0.15) is 5.01 Å². The third kappa shape index (κ3) is 2.37. The van der Waals surface area contributed by atoms with Crippen molar-refractivity contribution in [1.29, 1.82) is 0 Å². The monoisotopic (exact) mass is 269 g/mol. The van der Waals surface area contributed by atoms with Gasteiger partial charge in [0.15, 0.2) is 0 Å². The molecule has 3 nitrogen and oxygen atoms in total. The number of fused-ring (bicyclic) bond motifs is 1. The summed E-state index contributed by atoms with van der Waals surface area (Å²) in [6.45, 7) is 2.69. The number of aromatic nitrogens is 2. The molecule has 1 aromatic carbocycles. The van der Waals surface area contributed by atoms with Crippen LogP contribution in [-0.2, 0) is 6.42 Å². The zero-order valence-electron chi connectivity index (χ0n) is 10.8. The summed E-state index contributed by atoms with van der Waals surface area (Å²) in [4.78, 5) is 10.5. The summed E-state index contributed by atoms with van der Waals surface area (Å²) < 4.78 is 0. The van der Waals surface area contributed by atoms with E-state index in [1.165, 1.54) is 4.88 Å². The van der Waals surface area contributed by atoms with E-state index in [2.05, 4.69) is 22.1 Å². The van der Waals surface area contributed by atoms with Crippen molar-refractivity contribution in [2.75, 3.05) is 6.54 Å². The molecule has 0 aliphatic heterocycles. The van der Waals surface area contributed by atoms with Crippen molar-refractivity contribution in [1.82, 2.24) is 9.97 Å². The van der Waals surface area contributed by atoms with Crippen molar-refractivity contribution in [2.24, 2.45) is 5.73 Å². The van der Waals surface area contributed by atoms with E-state index in [9.17, 15) is 0 Å². The minimum Gasteiger partial charge on any atom is -0.330 e. The van der Waals surface area contributed by atoms with Gasteiger partial charge in [0, 0.05) is 10.3 Å². The molecule has 0 fully saturated rings. The first-order valence-corrected chi connectivity index (χ1v) is 7.12. The van der Waals surface area contributed by atoms with Gasteiger partial charge in [-0.05, 0) is 32.0 Å².